The summed E-state index contributed by atoms with van der Waals surface area (Å²) in [7, 11) is 0. The van der Waals surface area contributed by atoms with Gasteiger partial charge in [0.2, 0.25) is 0 Å². The number of nitriles is 1. The Hall–Kier alpha value is -1.37. The summed E-state index contributed by atoms with van der Waals surface area (Å²) < 4.78 is 0. The van der Waals surface area contributed by atoms with E-state index in [9.17, 15) is 5.11 Å². The molecule has 0 aromatic heterocycles. The number of hydrogen-bond donors (Lipinski definition) is 2. The minimum absolute atomic E-state index is 0.0527. The molecular formula is C15H20N2O. The van der Waals surface area contributed by atoms with E-state index < -0.39 is 0 Å². The summed E-state index contributed by atoms with van der Waals surface area (Å²) in [5.41, 5.74) is 7.70. The molecule has 18 heavy (non-hydrogen) atoms. The molecule has 1 aliphatic carbocycles. The zero-order valence-corrected chi connectivity index (χ0v) is 10.6. The number of nitrogens with zero attached hydrogens (tertiary/aromatic N) is 1. The molecule has 0 heterocycles. The molecule has 0 spiro atoms. The molecule has 0 unspecified atom stereocenters. The van der Waals surface area contributed by atoms with E-state index in [1.54, 1.807) is 0 Å². The van der Waals surface area contributed by atoms with Gasteiger partial charge in [0.25, 0.3) is 0 Å². The van der Waals surface area contributed by atoms with Crippen LogP contribution in [-0.2, 0) is 0 Å². The quantitative estimate of drug-likeness (QED) is 0.852. The van der Waals surface area contributed by atoms with Gasteiger partial charge in [-0.05, 0) is 37.1 Å². The first-order chi connectivity index (χ1) is 8.75. The van der Waals surface area contributed by atoms with Crippen molar-refractivity contribution in [3.8, 4) is 6.07 Å². The lowest BCUT2D eigenvalue weighted by Gasteiger charge is -2.35. The second kappa shape index (κ2) is 5.51. The van der Waals surface area contributed by atoms with Crippen LogP contribution in [0.2, 0.25) is 0 Å². The largest absolute Gasteiger partial charge is 0.396 e. The molecule has 1 fully saturated rings. The van der Waals surface area contributed by atoms with Gasteiger partial charge in [0.15, 0.2) is 0 Å². The van der Waals surface area contributed by atoms with Crippen molar-refractivity contribution in [2.45, 2.75) is 31.6 Å². The van der Waals surface area contributed by atoms with Crippen molar-refractivity contribution in [3.63, 3.8) is 0 Å². The second-order valence-electron chi connectivity index (χ2n) is 5.25. The molecule has 1 saturated carbocycles. The van der Waals surface area contributed by atoms with Crippen molar-refractivity contribution in [1.82, 2.24) is 0 Å². The molecule has 0 radical (unpaired) electrons. The van der Waals surface area contributed by atoms with Gasteiger partial charge in [-0.15, -0.1) is 0 Å². The number of benzene rings is 1. The molecule has 1 aromatic rings. The van der Waals surface area contributed by atoms with E-state index in [2.05, 4.69) is 6.07 Å². The van der Waals surface area contributed by atoms with Crippen LogP contribution in [-0.4, -0.2) is 18.3 Å². The summed E-state index contributed by atoms with van der Waals surface area (Å²) in [6.07, 6.45) is 4.44. The predicted octanol–water partition coefficient (Wildman–Crippen LogP) is 2.15. The molecule has 96 valence electrons. The van der Waals surface area contributed by atoms with Gasteiger partial charge < -0.3 is 10.8 Å². The van der Waals surface area contributed by atoms with Gasteiger partial charge in [0.1, 0.15) is 0 Å². The highest BCUT2D eigenvalue weighted by molar-refractivity contribution is 5.34. The maximum atomic E-state index is 9.77. The van der Waals surface area contributed by atoms with Crippen molar-refractivity contribution < 1.29 is 5.11 Å². The van der Waals surface area contributed by atoms with Crippen molar-refractivity contribution in [2.24, 2.45) is 11.1 Å². The lowest BCUT2D eigenvalue weighted by atomic mass is 9.71. The third kappa shape index (κ3) is 2.27. The van der Waals surface area contributed by atoms with Crippen LogP contribution in [0.1, 0.15) is 42.7 Å². The Morgan fingerprint density at radius 2 is 1.89 bits per heavy atom. The van der Waals surface area contributed by atoms with E-state index in [1.807, 2.05) is 24.3 Å². The lowest BCUT2D eigenvalue weighted by molar-refractivity contribution is 0.103. The van der Waals surface area contributed by atoms with E-state index in [0.717, 1.165) is 18.4 Å². The van der Waals surface area contributed by atoms with Gasteiger partial charge >= 0.3 is 0 Å². The molecule has 3 N–H and O–H groups in total. The Bertz CT molecular complexity index is 427. The lowest BCUT2D eigenvalue weighted by Crippen LogP contribution is -2.34. The van der Waals surface area contributed by atoms with Crippen LogP contribution < -0.4 is 5.73 Å². The Morgan fingerprint density at radius 1 is 1.28 bits per heavy atom. The Balaban J connectivity index is 2.29. The number of hydrogen-bond acceptors (Lipinski definition) is 3. The summed E-state index contributed by atoms with van der Waals surface area (Å²) >= 11 is 0. The van der Waals surface area contributed by atoms with Crippen molar-refractivity contribution in [1.29, 1.82) is 5.26 Å². The van der Waals surface area contributed by atoms with Gasteiger partial charge in [0, 0.05) is 17.9 Å². The van der Waals surface area contributed by atoms with Crippen LogP contribution in [0.4, 0.5) is 0 Å². The first kappa shape index (κ1) is 13.1. The van der Waals surface area contributed by atoms with E-state index >= 15 is 0 Å². The summed E-state index contributed by atoms with van der Waals surface area (Å²) in [5.74, 6) is 0.192. The first-order valence-corrected chi connectivity index (χ1v) is 6.57. The number of aliphatic hydroxyl groups is 1. The Kier molecular flexibility index (Phi) is 4.00. The van der Waals surface area contributed by atoms with Crippen LogP contribution in [0.5, 0.6) is 0 Å². The fourth-order valence-corrected chi connectivity index (χ4v) is 3.23. The highest BCUT2D eigenvalue weighted by Crippen LogP contribution is 2.48. The first-order valence-electron chi connectivity index (χ1n) is 6.57. The SMILES string of the molecule is N#Cc1ccc([C@@H](CN)C2(CO)CCCC2)cc1. The monoisotopic (exact) mass is 244 g/mol. The molecule has 0 saturated heterocycles. The van der Waals surface area contributed by atoms with E-state index in [-0.39, 0.29) is 17.9 Å². The fourth-order valence-electron chi connectivity index (χ4n) is 3.23. The van der Waals surface area contributed by atoms with Crippen molar-refractivity contribution >= 4 is 0 Å². The fraction of sp³-hybridized carbons (Fsp3) is 0.533. The highest BCUT2D eigenvalue weighted by atomic mass is 16.3. The summed E-state index contributed by atoms with van der Waals surface area (Å²) in [6.45, 7) is 0.751. The molecule has 1 aliphatic rings. The normalized spacial score (nSPS) is 19.4. The molecule has 0 bridgehead atoms. The topological polar surface area (TPSA) is 70.0 Å². The standard InChI is InChI=1S/C15H20N2O/c16-9-12-3-5-13(6-4-12)14(10-17)15(11-18)7-1-2-8-15/h3-6,14,18H,1-2,7-8,10-11,17H2/t14-/m1/s1. The maximum Gasteiger partial charge on any atom is 0.0991 e. The summed E-state index contributed by atoms with van der Waals surface area (Å²) in [5, 5.41) is 18.6. The minimum Gasteiger partial charge on any atom is -0.396 e. The Morgan fingerprint density at radius 3 is 2.33 bits per heavy atom. The van der Waals surface area contributed by atoms with E-state index in [1.165, 1.54) is 12.8 Å². The smallest absolute Gasteiger partial charge is 0.0991 e. The predicted molar refractivity (Wildman–Crippen MR) is 70.9 cm³/mol. The number of rotatable bonds is 4. The molecule has 2 rings (SSSR count). The maximum absolute atomic E-state index is 9.77. The zero-order valence-electron chi connectivity index (χ0n) is 10.6. The average molecular weight is 244 g/mol. The highest BCUT2D eigenvalue weighted by Gasteiger charge is 2.40. The van der Waals surface area contributed by atoms with E-state index in [0.29, 0.717) is 12.1 Å². The molecule has 0 amide bonds. The van der Waals surface area contributed by atoms with Crippen LogP contribution in [0, 0.1) is 16.7 Å². The van der Waals surface area contributed by atoms with E-state index in [4.69, 9.17) is 11.0 Å². The molecule has 1 aromatic carbocycles. The van der Waals surface area contributed by atoms with Crippen molar-refractivity contribution in [2.75, 3.05) is 13.2 Å². The third-order valence-electron chi connectivity index (χ3n) is 4.33. The number of aliphatic hydroxyl groups excluding tert-OH is 1. The van der Waals surface area contributed by atoms with Crippen LogP contribution in [0.25, 0.3) is 0 Å². The summed E-state index contributed by atoms with van der Waals surface area (Å²) in [4.78, 5) is 0. The molecular weight excluding hydrogens is 224 g/mol. The third-order valence-corrected chi connectivity index (χ3v) is 4.33. The van der Waals surface area contributed by atoms with Crippen molar-refractivity contribution in [3.05, 3.63) is 35.4 Å². The van der Waals surface area contributed by atoms with Gasteiger partial charge in [-0.2, -0.15) is 5.26 Å². The van der Waals surface area contributed by atoms with Gasteiger partial charge in [-0.25, -0.2) is 0 Å². The Labute approximate surface area is 108 Å². The summed E-state index contributed by atoms with van der Waals surface area (Å²) in [6, 6.07) is 9.74. The second-order valence-corrected chi connectivity index (χ2v) is 5.25. The number of nitrogens with two attached hydrogens (primary N) is 1. The molecule has 3 heteroatoms. The van der Waals surface area contributed by atoms with Crippen LogP contribution in [0.15, 0.2) is 24.3 Å². The average Bonchev–Trinajstić information content (AvgIpc) is 2.90. The minimum atomic E-state index is -0.0527. The van der Waals surface area contributed by atoms with Gasteiger partial charge in [0.05, 0.1) is 11.6 Å². The molecule has 0 aliphatic heterocycles. The van der Waals surface area contributed by atoms with Crippen LogP contribution >= 0.6 is 0 Å². The van der Waals surface area contributed by atoms with Gasteiger partial charge in [-0.1, -0.05) is 25.0 Å². The molecule has 3 nitrogen and oxygen atoms in total. The molecule has 1 atom stereocenters. The van der Waals surface area contributed by atoms with Crippen LogP contribution in [0.3, 0.4) is 0 Å². The van der Waals surface area contributed by atoms with Gasteiger partial charge in [-0.3, -0.25) is 0 Å². The zero-order chi connectivity index (χ0) is 13.0.